The third-order valence-corrected chi connectivity index (χ3v) is 4.39. The molecule has 1 aliphatic carbocycles. The quantitative estimate of drug-likeness (QED) is 0.476. The van der Waals surface area contributed by atoms with Crippen LogP contribution in [-0.4, -0.2) is 9.55 Å². The summed E-state index contributed by atoms with van der Waals surface area (Å²) in [6, 6.07) is 13.4. The predicted octanol–water partition coefficient (Wildman–Crippen LogP) is 5.19. The maximum atomic E-state index is 12.2. The molecule has 0 aromatic heterocycles. The van der Waals surface area contributed by atoms with Crippen molar-refractivity contribution in [2.45, 2.75) is 40.2 Å². The van der Waals surface area contributed by atoms with Crippen LogP contribution in [0.2, 0.25) is 0 Å². The smallest absolute Gasteiger partial charge is 0.206 e. The summed E-state index contributed by atoms with van der Waals surface area (Å²) in [4.78, 5) is 16.8. The van der Waals surface area contributed by atoms with Crippen molar-refractivity contribution < 1.29 is 0 Å². The normalized spacial score (nSPS) is 11.9. The molecule has 3 nitrogen and oxygen atoms in total. The molecule has 0 saturated carbocycles. The Kier molecular flexibility index (Phi) is 5.13. The standard InChI is InChI=1S/C22H24N2O/c1-16(2)8-6-9-17(3)14-15-24-19-11-5-4-10-18(19)23-22-20(24)12-7-13-21(22)25/h4-5,7-8,10-14H,6,9,15H2,1-3H3/b17-14+. The Hall–Kier alpha value is -2.68. The molecule has 0 bridgehead atoms. The number of hydrogen-bond donors (Lipinski definition) is 0. The van der Waals surface area contributed by atoms with E-state index in [1.165, 1.54) is 11.1 Å². The van der Waals surface area contributed by atoms with Gasteiger partial charge in [0.15, 0.2) is 0 Å². The summed E-state index contributed by atoms with van der Waals surface area (Å²) >= 11 is 0. The highest BCUT2D eigenvalue weighted by Gasteiger charge is 2.13. The summed E-state index contributed by atoms with van der Waals surface area (Å²) in [5, 5.41) is 0. The zero-order valence-corrected chi connectivity index (χ0v) is 15.1. The highest BCUT2D eigenvalue weighted by Crippen LogP contribution is 2.23. The first kappa shape index (κ1) is 17.2. The number of para-hydroxylation sites is 3. The molecule has 0 atom stereocenters. The van der Waals surface area contributed by atoms with Gasteiger partial charge in [-0.1, -0.05) is 41.5 Å². The monoisotopic (exact) mass is 332 g/mol. The lowest BCUT2D eigenvalue weighted by Crippen LogP contribution is -2.14. The predicted molar refractivity (Wildman–Crippen MR) is 105 cm³/mol. The molecule has 0 saturated heterocycles. The van der Waals surface area contributed by atoms with Gasteiger partial charge in [-0.15, -0.1) is 0 Å². The third kappa shape index (κ3) is 3.87. The SMILES string of the molecule is CC(C)=CCC/C(C)=C/Cn1c2cccc(=O)c-2nc2ccccc21. The molecule has 0 unspecified atom stereocenters. The summed E-state index contributed by atoms with van der Waals surface area (Å²) in [6.45, 7) is 7.17. The molecule has 3 rings (SSSR count). The molecule has 1 aromatic rings. The summed E-state index contributed by atoms with van der Waals surface area (Å²) in [7, 11) is 0. The summed E-state index contributed by atoms with van der Waals surface area (Å²) in [5.74, 6) is 0. The Labute approximate surface area is 148 Å². The molecule has 25 heavy (non-hydrogen) atoms. The van der Waals surface area contributed by atoms with Crippen LogP contribution in [0.1, 0.15) is 33.6 Å². The Morgan fingerprint density at radius 3 is 2.64 bits per heavy atom. The van der Waals surface area contributed by atoms with Crippen LogP contribution in [0.4, 0.5) is 0 Å². The molecule has 0 fully saturated rings. The molecular weight excluding hydrogens is 308 g/mol. The van der Waals surface area contributed by atoms with Crippen LogP contribution < -0.4 is 5.43 Å². The molecule has 1 aliphatic heterocycles. The summed E-state index contributed by atoms with van der Waals surface area (Å²) in [5.41, 5.74) is 6.02. The average Bonchev–Trinajstić information content (AvgIpc) is 2.59. The van der Waals surface area contributed by atoms with Crippen molar-refractivity contribution in [3.8, 4) is 11.4 Å². The van der Waals surface area contributed by atoms with Crippen LogP contribution in [-0.2, 0) is 6.54 Å². The number of rotatable bonds is 5. The van der Waals surface area contributed by atoms with Gasteiger partial charge in [0.25, 0.3) is 0 Å². The minimum Gasteiger partial charge on any atom is -0.334 e. The second-order valence-corrected chi connectivity index (χ2v) is 6.71. The number of fused-ring (bicyclic) bond motifs is 2. The summed E-state index contributed by atoms with van der Waals surface area (Å²) < 4.78 is 2.18. The number of allylic oxidation sites excluding steroid dienone is 4. The number of aromatic nitrogens is 2. The van der Waals surface area contributed by atoms with E-state index in [9.17, 15) is 4.79 Å². The lowest BCUT2D eigenvalue weighted by atomic mass is 10.1. The van der Waals surface area contributed by atoms with Crippen LogP contribution in [0.25, 0.3) is 22.4 Å². The van der Waals surface area contributed by atoms with Crippen LogP contribution in [0.15, 0.2) is 70.6 Å². The van der Waals surface area contributed by atoms with Gasteiger partial charge in [-0.25, -0.2) is 4.98 Å². The van der Waals surface area contributed by atoms with Crippen molar-refractivity contribution in [3.63, 3.8) is 0 Å². The van der Waals surface area contributed by atoms with Gasteiger partial charge < -0.3 is 4.57 Å². The highest BCUT2D eigenvalue weighted by atomic mass is 16.1. The largest absolute Gasteiger partial charge is 0.334 e. The van der Waals surface area contributed by atoms with Crippen molar-refractivity contribution in [2.24, 2.45) is 0 Å². The maximum Gasteiger partial charge on any atom is 0.206 e. The van der Waals surface area contributed by atoms with Crippen molar-refractivity contribution in [1.29, 1.82) is 0 Å². The number of hydrogen-bond acceptors (Lipinski definition) is 2. The lowest BCUT2D eigenvalue weighted by molar-refractivity contribution is 0.832. The first-order valence-electron chi connectivity index (χ1n) is 8.73. The Bertz CT molecular complexity index is 975. The molecule has 2 aliphatic rings. The number of benzene rings is 2. The van der Waals surface area contributed by atoms with E-state index in [2.05, 4.69) is 48.5 Å². The van der Waals surface area contributed by atoms with Gasteiger partial charge in [0.05, 0.1) is 16.7 Å². The van der Waals surface area contributed by atoms with Gasteiger partial charge >= 0.3 is 0 Å². The van der Waals surface area contributed by atoms with Crippen molar-refractivity contribution in [3.05, 3.63) is 76.0 Å². The van der Waals surface area contributed by atoms with E-state index in [1.54, 1.807) is 6.07 Å². The second kappa shape index (κ2) is 7.47. The molecule has 1 heterocycles. The minimum absolute atomic E-state index is 0.0266. The molecule has 3 heteroatoms. The molecule has 0 N–H and O–H groups in total. The van der Waals surface area contributed by atoms with Crippen molar-refractivity contribution in [1.82, 2.24) is 9.55 Å². The van der Waals surface area contributed by atoms with Crippen molar-refractivity contribution >= 4 is 11.0 Å². The second-order valence-electron chi connectivity index (χ2n) is 6.71. The van der Waals surface area contributed by atoms with Gasteiger partial charge in [0.1, 0.15) is 5.69 Å². The molecular formula is C22H24N2O. The van der Waals surface area contributed by atoms with E-state index in [0.29, 0.717) is 5.69 Å². The first-order valence-corrected chi connectivity index (χ1v) is 8.73. The Balaban J connectivity index is 2.00. The van der Waals surface area contributed by atoms with Gasteiger partial charge in [0, 0.05) is 6.54 Å². The van der Waals surface area contributed by atoms with E-state index in [4.69, 9.17) is 0 Å². The van der Waals surface area contributed by atoms with Gasteiger partial charge in [0.2, 0.25) is 5.43 Å². The fourth-order valence-electron chi connectivity index (χ4n) is 3.01. The molecule has 0 amide bonds. The fourth-order valence-corrected chi connectivity index (χ4v) is 3.01. The topological polar surface area (TPSA) is 34.9 Å². The van der Waals surface area contributed by atoms with Crippen LogP contribution >= 0.6 is 0 Å². The van der Waals surface area contributed by atoms with E-state index < -0.39 is 0 Å². The highest BCUT2D eigenvalue weighted by molar-refractivity contribution is 5.80. The van der Waals surface area contributed by atoms with E-state index >= 15 is 0 Å². The Morgan fingerprint density at radius 1 is 1.04 bits per heavy atom. The zero-order chi connectivity index (χ0) is 17.8. The van der Waals surface area contributed by atoms with Crippen LogP contribution in [0, 0.1) is 0 Å². The van der Waals surface area contributed by atoms with E-state index in [1.807, 2.05) is 30.3 Å². The molecule has 1 aromatic carbocycles. The van der Waals surface area contributed by atoms with Crippen LogP contribution in [0.5, 0.6) is 0 Å². The molecule has 128 valence electrons. The van der Waals surface area contributed by atoms with E-state index in [0.717, 1.165) is 36.1 Å². The first-order chi connectivity index (χ1) is 12.1. The van der Waals surface area contributed by atoms with Gasteiger partial charge in [-0.3, -0.25) is 4.79 Å². The maximum absolute atomic E-state index is 12.2. The summed E-state index contributed by atoms with van der Waals surface area (Å²) in [6.07, 6.45) is 6.64. The third-order valence-electron chi connectivity index (χ3n) is 4.39. The Morgan fingerprint density at radius 2 is 1.84 bits per heavy atom. The van der Waals surface area contributed by atoms with Crippen molar-refractivity contribution in [2.75, 3.05) is 0 Å². The fraction of sp³-hybridized carbons (Fsp3) is 0.273. The molecule has 0 spiro atoms. The number of nitrogens with zero attached hydrogens (tertiary/aromatic N) is 2. The lowest BCUT2D eigenvalue weighted by Gasteiger charge is -2.17. The van der Waals surface area contributed by atoms with E-state index in [-0.39, 0.29) is 5.43 Å². The van der Waals surface area contributed by atoms with Gasteiger partial charge in [-0.05, 0) is 57.9 Å². The zero-order valence-electron chi connectivity index (χ0n) is 15.1. The average molecular weight is 332 g/mol. The molecule has 0 radical (unpaired) electrons. The van der Waals surface area contributed by atoms with Gasteiger partial charge in [-0.2, -0.15) is 0 Å². The minimum atomic E-state index is -0.0266. The van der Waals surface area contributed by atoms with Crippen LogP contribution in [0.3, 0.4) is 0 Å².